The molecule has 2 aromatic rings. The van der Waals surface area contributed by atoms with Crippen molar-refractivity contribution in [3.63, 3.8) is 0 Å². The summed E-state index contributed by atoms with van der Waals surface area (Å²) in [4.78, 5) is 5.79. The number of hydrogen-bond donors (Lipinski definition) is 1. The van der Waals surface area contributed by atoms with Gasteiger partial charge in [0.15, 0.2) is 6.10 Å². The molecule has 1 aliphatic heterocycles. The largest absolute Gasteiger partial charge is 0.483 e. The van der Waals surface area contributed by atoms with Crippen molar-refractivity contribution in [1.29, 1.82) is 0 Å². The van der Waals surface area contributed by atoms with Gasteiger partial charge in [0.05, 0.1) is 0 Å². The Morgan fingerprint density at radius 2 is 2.32 bits per heavy atom. The van der Waals surface area contributed by atoms with Crippen molar-refractivity contribution in [2.24, 2.45) is 0 Å². The number of hydrogen-bond acceptors (Lipinski definition) is 4. The van der Waals surface area contributed by atoms with Gasteiger partial charge in [0, 0.05) is 24.0 Å². The van der Waals surface area contributed by atoms with Crippen molar-refractivity contribution in [3.05, 3.63) is 45.9 Å². The Kier molecular flexibility index (Phi) is 3.80. The van der Waals surface area contributed by atoms with Crippen LogP contribution in [0.25, 0.3) is 0 Å². The Morgan fingerprint density at radius 3 is 3.16 bits per heavy atom. The molecule has 1 unspecified atom stereocenters. The van der Waals surface area contributed by atoms with Crippen LogP contribution in [0.4, 0.5) is 0 Å². The van der Waals surface area contributed by atoms with E-state index in [1.165, 1.54) is 10.4 Å². The average Bonchev–Trinajstić information content (AvgIpc) is 3.04. The normalized spacial score (nSPS) is 17.2. The van der Waals surface area contributed by atoms with Gasteiger partial charge in [0.2, 0.25) is 0 Å². The van der Waals surface area contributed by atoms with Gasteiger partial charge in [0.25, 0.3) is 0 Å². The van der Waals surface area contributed by atoms with Crippen molar-refractivity contribution in [2.75, 3.05) is 6.54 Å². The fraction of sp³-hybridized carbons (Fsp3) is 0.400. The Hall–Kier alpha value is -1.39. The summed E-state index contributed by atoms with van der Waals surface area (Å²) in [7, 11) is 0. The Labute approximate surface area is 117 Å². The third-order valence-corrected chi connectivity index (χ3v) is 4.31. The molecule has 0 amide bonds. The molecule has 4 heteroatoms. The van der Waals surface area contributed by atoms with E-state index in [1.807, 2.05) is 18.3 Å². The van der Waals surface area contributed by atoms with Crippen LogP contribution in [0.2, 0.25) is 0 Å². The van der Waals surface area contributed by atoms with E-state index >= 15 is 0 Å². The van der Waals surface area contributed by atoms with Gasteiger partial charge in [-0.05, 0) is 24.6 Å². The highest BCUT2D eigenvalue weighted by Gasteiger charge is 2.26. The highest BCUT2D eigenvalue weighted by Crippen LogP contribution is 2.37. The molecule has 0 saturated heterocycles. The zero-order valence-electron chi connectivity index (χ0n) is 11.1. The molecule has 1 aromatic heterocycles. The quantitative estimate of drug-likeness (QED) is 0.849. The molecule has 1 aliphatic rings. The van der Waals surface area contributed by atoms with Crippen molar-refractivity contribution in [3.8, 4) is 5.75 Å². The first-order valence-electron chi connectivity index (χ1n) is 6.76. The van der Waals surface area contributed by atoms with Gasteiger partial charge in [-0.1, -0.05) is 25.1 Å². The summed E-state index contributed by atoms with van der Waals surface area (Å²) in [6, 6.07) is 8.25. The second-order valence-corrected chi connectivity index (χ2v) is 5.91. The van der Waals surface area contributed by atoms with E-state index in [1.54, 1.807) is 11.3 Å². The number of thiazole rings is 1. The zero-order chi connectivity index (χ0) is 13.1. The molecule has 19 heavy (non-hydrogen) atoms. The third kappa shape index (κ3) is 2.80. The summed E-state index contributed by atoms with van der Waals surface area (Å²) in [6.45, 7) is 4.14. The molecule has 0 saturated carbocycles. The molecule has 1 aromatic carbocycles. The predicted molar refractivity (Wildman–Crippen MR) is 77.6 cm³/mol. The van der Waals surface area contributed by atoms with Crippen LogP contribution in [-0.2, 0) is 13.0 Å². The van der Waals surface area contributed by atoms with Gasteiger partial charge in [-0.25, -0.2) is 4.98 Å². The molecule has 0 spiro atoms. The van der Waals surface area contributed by atoms with Crippen molar-refractivity contribution in [2.45, 2.75) is 32.4 Å². The van der Waals surface area contributed by atoms with Gasteiger partial charge >= 0.3 is 0 Å². The molecule has 3 nitrogen and oxygen atoms in total. The number of nitrogens with one attached hydrogen (secondary N) is 1. The number of ether oxygens (including phenoxy) is 1. The molecule has 0 radical (unpaired) electrons. The predicted octanol–water partition coefficient (Wildman–Crippen LogP) is 3.32. The maximum absolute atomic E-state index is 5.96. The average molecular weight is 274 g/mol. The lowest BCUT2D eigenvalue weighted by molar-refractivity contribution is 0.238. The van der Waals surface area contributed by atoms with E-state index in [0.717, 1.165) is 36.7 Å². The minimum Gasteiger partial charge on any atom is -0.483 e. The van der Waals surface area contributed by atoms with Gasteiger partial charge in [-0.3, -0.25) is 0 Å². The first-order valence-corrected chi connectivity index (χ1v) is 7.58. The lowest BCUT2D eigenvalue weighted by Crippen LogP contribution is -2.12. The maximum atomic E-state index is 5.96. The molecule has 0 aliphatic carbocycles. The van der Waals surface area contributed by atoms with Gasteiger partial charge in [-0.15, -0.1) is 11.3 Å². The smallest absolute Gasteiger partial charge is 0.154 e. The second kappa shape index (κ2) is 5.72. The molecular weight excluding hydrogens is 256 g/mol. The number of para-hydroxylation sites is 1. The van der Waals surface area contributed by atoms with E-state index < -0.39 is 0 Å². The lowest BCUT2D eigenvalue weighted by atomic mass is 10.1. The molecule has 100 valence electrons. The SMILES string of the molecule is CCCNCc1cnc(C2Cc3ccccc3O2)s1. The second-order valence-electron chi connectivity index (χ2n) is 4.76. The number of rotatable bonds is 5. The van der Waals surface area contributed by atoms with Crippen LogP contribution >= 0.6 is 11.3 Å². The van der Waals surface area contributed by atoms with E-state index in [9.17, 15) is 0 Å². The van der Waals surface area contributed by atoms with Crippen molar-refractivity contribution < 1.29 is 4.74 Å². The van der Waals surface area contributed by atoms with E-state index in [0.29, 0.717) is 0 Å². The van der Waals surface area contributed by atoms with Crippen molar-refractivity contribution in [1.82, 2.24) is 10.3 Å². The van der Waals surface area contributed by atoms with Crippen LogP contribution < -0.4 is 10.1 Å². The first kappa shape index (κ1) is 12.6. The van der Waals surface area contributed by atoms with Crippen LogP contribution in [0.3, 0.4) is 0 Å². The summed E-state index contributed by atoms with van der Waals surface area (Å²) >= 11 is 1.75. The van der Waals surface area contributed by atoms with Crippen LogP contribution in [-0.4, -0.2) is 11.5 Å². The van der Waals surface area contributed by atoms with Gasteiger partial charge in [0.1, 0.15) is 10.8 Å². The van der Waals surface area contributed by atoms with E-state index in [-0.39, 0.29) is 6.10 Å². The Balaban J connectivity index is 1.65. The zero-order valence-corrected chi connectivity index (χ0v) is 11.9. The molecule has 2 heterocycles. The molecule has 3 rings (SSSR count). The van der Waals surface area contributed by atoms with Crippen LogP contribution in [0.1, 0.15) is 34.9 Å². The molecule has 1 atom stereocenters. The van der Waals surface area contributed by atoms with E-state index in [2.05, 4.69) is 29.4 Å². The maximum Gasteiger partial charge on any atom is 0.154 e. The number of benzene rings is 1. The minimum absolute atomic E-state index is 0.0994. The molecule has 1 N–H and O–H groups in total. The highest BCUT2D eigenvalue weighted by atomic mass is 32.1. The van der Waals surface area contributed by atoms with Gasteiger partial charge in [-0.2, -0.15) is 0 Å². The number of fused-ring (bicyclic) bond motifs is 1. The molecule has 0 bridgehead atoms. The summed E-state index contributed by atoms with van der Waals surface area (Å²) in [5.41, 5.74) is 1.29. The molecule has 0 fully saturated rings. The highest BCUT2D eigenvalue weighted by molar-refractivity contribution is 7.11. The van der Waals surface area contributed by atoms with E-state index in [4.69, 9.17) is 4.74 Å². The van der Waals surface area contributed by atoms with Crippen LogP contribution in [0.15, 0.2) is 30.5 Å². The summed E-state index contributed by atoms with van der Waals surface area (Å²) < 4.78 is 5.96. The minimum atomic E-state index is 0.0994. The monoisotopic (exact) mass is 274 g/mol. The fourth-order valence-corrected chi connectivity index (χ4v) is 3.18. The van der Waals surface area contributed by atoms with Crippen LogP contribution in [0, 0.1) is 0 Å². The molecular formula is C15H18N2OS. The fourth-order valence-electron chi connectivity index (χ4n) is 2.26. The summed E-state index contributed by atoms with van der Waals surface area (Å²) in [6.07, 6.45) is 4.16. The topological polar surface area (TPSA) is 34.2 Å². The Morgan fingerprint density at radius 1 is 1.42 bits per heavy atom. The summed E-state index contributed by atoms with van der Waals surface area (Å²) in [5.74, 6) is 1.01. The standard InChI is InChI=1S/C15H18N2OS/c1-2-7-16-9-12-10-17-15(19-12)14-8-11-5-3-4-6-13(11)18-14/h3-6,10,14,16H,2,7-9H2,1H3. The van der Waals surface area contributed by atoms with Crippen molar-refractivity contribution >= 4 is 11.3 Å². The number of aromatic nitrogens is 1. The van der Waals surface area contributed by atoms with Gasteiger partial charge < -0.3 is 10.1 Å². The lowest BCUT2D eigenvalue weighted by Gasteiger charge is -2.06. The third-order valence-electron chi connectivity index (χ3n) is 3.22. The summed E-state index contributed by atoms with van der Waals surface area (Å²) in [5, 5.41) is 4.49. The van der Waals surface area contributed by atoms with Crippen LogP contribution in [0.5, 0.6) is 5.75 Å². The Bertz CT molecular complexity index is 528. The first-order chi connectivity index (χ1) is 9.36. The number of nitrogens with zero attached hydrogens (tertiary/aromatic N) is 1.